The Balaban J connectivity index is 1.94. The molecule has 0 heterocycles. The molecule has 0 saturated heterocycles. The largest absolute Gasteiger partial charge is 0.462 e. The lowest BCUT2D eigenvalue weighted by Gasteiger charge is -2.21. The number of hydrogen-bond acceptors (Lipinski definition) is 5. The van der Waals surface area contributed by atoms with E-state index >= 15 is 0 Å². The number of Topliss-reactive ketones (excluding diaryl/α,β-unsaturated/α-hetero) is 1. The van der Waals surface area contributed by atoms with E-state index in [9.17, 15) is 18.0 Å². The highest BCUT2D eigenvalue weighted by atomic mass is 32.2. The molecule has 0 bridgehead atoms. The van der Waals surface area contributed by atoms with Crippen LogP contribution in [-0.4, -0.2) is 44.2 Å². The fourth-order valence-corrected chi connectivity index (χ4v) is 3.89. The smallest absolute Gasteiger partial charge is 0.338 e. The maximum atomic E-state index is 12.6. The molecule has 150 valence electrons. The van der Waals surface area contributed by atoms with E-state index in [1.54, 1.807) is 38.1 Å². The van der Waals surface area contributed by atoms with E-state index in [1.807, 2.05) is 6.07 Å². The molecular weight excluding hydrogens is 378 g/mol. The van der Waals surface area contributed by atoms with E-state index in [4.69, 9.17) is 4.74 Å². The van der Waals surface area contributed by atoms with Crippen molar-refractivity contribution < 1.29 is 22.7 Å². The zero-order chi connectivity index (χ0) is 20.7. The lowest BCUT2D eigenvalue weighted by molar-refractivity contribution is 0.0494. The van der Waals surface area contributed by atoms with E-state index < -0.39 is 16.0 Å². The quantitative estimate of drug-likeness (QED) is 0.363. The molecule has 0 fully saturated rings. The second-order valence-electron chi connectivity index (χ2n) is 6.67. The van der Waals surface area contributed by atoms with Crippen LogP contribution in [0.4, 0.5) is 0 Å². The highest BCUT2D eigenvalue weighted by Crippen LogP contribution is 2.18. The number of esters is 1. The van der Waals surface area contributed by atoms with Crippen molar-refractivity contribution in [1.29, 1.82) is 0 Å². The Morgan fingerprint density at radius 3 is 2.29 bits per heavy atom. The van der Waals surface area contributed by atoms with Crippen LogP contribution in [0.15, 0.2) is 59.5 Å². The number of hydrogen-bond donors (Lipinski definition) is 0. The third kappa shape index (κ3) is 5.50. The molecule has 0 aliphatic rings. The van der Waals surface area contributed by atoms with E-state index in [0.29, 0.717) is 12.0 Å². The van der Waals surface area contributed by atoms with Crippen LogP contribution in [0.3, 0.4) is 0 Å². The second kappa shape index (κ2) is 9.61. The number of rotatable bonds is 9. The van der Waals surface area contributed by atoms with Gasteiger partial charge in [0.05, 0.1) is 17.1 Å². The normalized spacial score (nSPS) is 11.6. The van der Waals surface area contributed by atoms with Crippen LogP contribution in [0.5, 0.6) is 0 Å². The summed E-state index contributed by atoms with van der Waals surface area (Å²) < 4.78 is 31.5. The molecule has 0 saturated carbocycles. The summed E-state index contributed by atoms with van der Waals surface area (Å²) in [5.41, 5.74) is 0.786. The minimum atomic E-state index is -3.68. The summed E-state index contributed by atoms with van der Waals surface area (Å²) in [6.07, 6.45) is 0.665. The summed E-state index contributed by atoms with van der Waals surface area (Å²) in [7, 11) is -2.19. The Morgan fingerprint density at radius 1 is 1.00 bits per heavy atom. The maximum absolute atomic E-state index is 12.6. The number of carbonyl (C=O) groups is 2. The highest BCUT2D eigenvalue weighted by molar-refractivity contribution is 7.89. The van der Waals surface area contributed by atoms with Crippen LogP contribution in [0.1, 0.15) is 47.4 Å². The molecule has 28 heavy (non-hydrogen) atoms. The van der Waals surface area contributed by atoms with Gasteiger partial charge in [-0.3, -0.25) is 4.79 Å². The van der Waals surface area contributed by atoms with E-state index in [1.165, 1.54) is 35.6 Å². The van der Waals surface area contributed by atoms with Crippen molar-refractivity contribution in [3.8, 4) is 0 Å². The zero-order valence-electron chi connectivity index (χ0n) is 16.3. The van der Waals surface area contributed by atoms with Crippen molar-refractivity contribution in [3.05, 3.63) is 65.7 Å². The molecule has 0 amide bonds. The fraction of sp³-hybridized carbons (Fsp3) is 0.333. The molecule has 0 aromatic heterocycles. The minimum Gasteiger partial charge on any atom is -0.462 e. The van der Waals surface area contributed by atoms with Gasteiger partial charge in [0.1, 0.15) is 0 Å². The molecule has 0 aliphatic heterocycles. The Bertz CT molecular complexity index is 923. The standard InChI is InChI=1S/C21H25NO5S/c1-16(2)22(3)28(25,26)19-12-7-11-18(15-19)21(24)27-14-8-13-20(23)17-9-5-4-6-10-17/h4-7,9-12,15-16H,8,13-14H2,1-3H3. The predicted molar refractivity (Wildman–Crippen MR) is 107 cm³/mol. The van der Waals surface area contributed by atoms with Crippen molar-refractivity contribution in [2.75, 3.05) is 13.7 Å². The van der Waals surface area contributed by atoms with Gasteiger partial charge < -0.3 is 4.74 Å². The Morgan fingerprint density at radius 2 is 1.64 bits per heavy atom. The molecule has 2 aromatic rings. The van der Waals surface area contributed by atoms with Gasteiger partial charge in [-0.05, 0) is 38.5 Å². The summed E-state index contributed by atoms with van der Waals surface area (Å²) in [6.45, 7) is 3.62. The van der Waals surface area contributed by atoms with Gasteiger partial charge in [0.2, 0.25) is 10.0 Å². The Hall–Kier alpha value is -2.51. The molecular formula is C21H25NO5S. The first-order valence-electron chi connectivity index (χ1n) is 9.07. The van der Waals surface area contributed by atoms with Gasteiger partial charge in [-0.1, -0.05) is 36.4 Å². The summed E-state index contributed by atoms with van der Waals surface area (Å²) in [5, 5.41) is 0. The summed E-state index contributed by atoms with van der Waals surface area (Å²) >= 11 is 0. The number of carbonyl (C=O) groups excluding carboxylic acids is 2. The number of benzene rings is 2. The molecule has 0 unspecified atom stereocenters. The number of nitrogens with zero attached hydrogens (tertiary/aromatic N) is 1. The van der Waals surface area contributed by atoms with Crippen molar-refractivity contribution in [3.63, 3.8) is 0 Å². The van der Waals surface area contributed by atoms with Gasteiger partial charge in [0.25, 0.3) is 0 Å². The average molecular weight is 404 g/mol. The van der Waals surface area contributed by atoms with Crippen LogP contribution >= 0.6 is 0 Å². The Labute approximate surface area is 166 Å². The number of ether oxygens (including phenoxy) is 1. The molecule has 0 N–H and O–H groups in total. The van der Waals surface area contributed by atoms with Gasteiger partial charge in [0.15, 0.2) is 5.78 Å². The van der Waals surface area contributed by atoms with Crippen LogP contribution in [0.2, 0.25) is 0 Å². The minimum absolute atomic E-state index is 0.0125. The lowest BCUT2D eigenvalue weighted by atomic mass is 10.1. The Kier molecular flexibility index (Phi) is 7.48. The first kappa shape index (κ1) is 21.8. The van der Waals surface area contributed by atoms with Gasteiger partial charge in [-0.2, -0.15) is 4.31 Å². The first-order valence-corrected chi connectivity index (χ1v) is 10.5. The molecule has 7 heteroatoms. The fourth-order valence-electron chi connectivity index (χ4n) is 2.48. The number of ketones is 1. The van der Waals surface area contributed by atoms with Gasteiger partial charge >= 0.3 is 5.97 Å². The van der Waals surface area contributed by atoms with Crippen LogP contribution in [-0.2, 0) is 14.8 Å². The average Bonchev–Trinajstić information content (AvgIpc) is 2.70. The molecule has 0 atom stereocenters. The van der Waals surface area contributed by atoms with Crippen LogP contribution in [0, 0.1) is 0 Å². The first-order chi connectivity index (χ1) is 13.2. The molecule has 2 rings (SSSR count). The van der Waals surface area contributed by atoms with Crippen molar-refractivity contribution in [2.45, 2.75) is 37.6 Å². The van der Waals surface area contributed by atoms with Crippen LogP contribution < -0.4 is 0 Å². The van der Waals surface area contributed by atoms with E-state index in [2.05, 4.69) is 0 Å². The third-order valence-corrected chi connectivity index (χ3v) is 6.38. The van der Waals surface area contributed by atoms with Crippen molar-refractivity contribution in [2.24, 2.45) is 0 Å². The third-order valence-electron chi connectivity index (χ3n) is 4.35. The molecule has 0 spiro atoms. The summed E-state index contributed by atoms with van der Waals surface area (Å²) in [6, 6.07) is 14.5. The molecule has 6 nitrogen and oxygen atoms in total. The molecule has 0 aliphatic carbocycles. The predicted octanol–water partition coefficient (Wildman–Crippen LogP) is 3.54. The maximum Gasteiger partial charge on any atom is 0.338 e. The highest BCUT2D eigenvalue weighted by Gasteiger charge is 2.24. The SMILES string of the molecule is CC(C)N(C)S(=O)(=O)c1cccc(C(=O)OCCCC(=O)c2ccccc2)c1. The topological polar surface area (TPSA) is 80.8 Å². The zero-order valence-corrected chi connectivity index (χ0v) is 17.1. The van der Waals surface area contributed by atoms with Crippen molar-refractivity contribution in [1.82, 2.24) is 4.31 Å². The van der Waals surface area contributed by atoms with E-state index in [-0.39, 0.29) is 35.3 Å². The van der Waals surface area contributed by atoms with Gasteiger partial charge in [0, 0.05) is 25.1 Å². The monoisotopic (exact) mass is 403 g/mol. The van der Waals surface area contributed by atoms with Crippen LogP contribution in [0.25, 0.3) is 0 Å². The van der Waals surface area contributed by atoms with Crippen molar-refractivity contribution >= 4 is 21.8 Å². The molecule has 2 aromatic carbocycles. The van der Waals surface area contributed by atoms with Gasteiger partial charge in [-0.25, -0.2) is 13.2 Å². The summed E-state index contributed by atoms with van der Waals surface area (Å²) in [5.74, 6) is -0.627. The van der Waals surface area contributed by atoms with E-state index in [0.717, 1.165) is 0 Å². The number of sulfonamides is 1. The second-order valence-corrected chi connectivity index (χ2v) is 8.67. The molecule has 0 radical (unpaired) electrons. The lowest BCUT2D eigenvalue weighted by Crippen LogP contribution is -2.33. The van der Waals surface area contributed by atoms with Gasteiger partial charge in [-0.15, -0.1) is 0 Å². The summed E-state index contributed by atoms with van der Waals surface area (Å²) in [4.78, 5) is 24.3.